The van der Waals surface area contributed by atoms with Gasteiger partial charge in [0.05, 0.1) is 5.56 Å². The molecule has 3 aromatic carbocycles. The summed E-state index contributed by atoms with van der Waals surface area (Å²) >= 11 is 0. The second-order valence-electron chi connectivity index (χ2n) is 7.44. The van der Waals surface area contributed by atoms with Crippen LogP contribution < -0.4 is 20.5 Å². The number of primary amides is 1. The predicted molar refractivity (Wildman–Crippen MR) is 128 cm³/mol. The molecule has 0 saturated heterocycles. The number of benzene rings is 3. The van der Waals surface area contributed by atoms with Gasteiger partial charge in [0.2, 0.25) is 11.8 Å². The van der Waals surface area contributed by atoms with Gasteiger partial charge in [0.15, 0.2) is 0 Å². The maximum atomic E-state index is 11.1. The van der Waals surface area contributed by atoms with Gasteiger partial charge in [-0.15, -0.1) is 0 Å². The smallest absolute Gasteiger partial charge is 0.250 e. The highest BCUT2D eigenvalue weighted by Gasteiger charge is 2.05. The number of hydrogen-bond acceptors (Lipinski definition) is 5. The minimum Gasteiger partial charge on any atom is -0.457 e. The average Bonchev–Trinajstić information content (AvgIpc) is 2.85. The second kappa shape index (κ2) is 10.9. The number of rotatable bonds is 10. The van der Waals surface area contributed by atoms with E-state index >= 15 is 0 Å². The van der Waals surface area contributed by atoms with Gasteiger partial charge in [0.25, 0.3) is 0 Å². The molecule has 0 bridgehead atoms. The summed E-state index contributed by atoms with van der Waals surface area (Å²) in [5.41, 5.74) is 7.88. The molecule has 4 rings (SSSR count). The molecule has 4 aromatic rings. The molecular weight excluding hydrogens is 414 g/mol. The van der Waals surface area contributed by atoms with Crippen LogP contribution >= 0.6 is 0 Å². The third-order valence-electron chi connectivity index (χ3n) is 5.02. The van der Waals surface area contributed by atoms with Gasteiger partial charge in [-0.05, 0) is 54.9 Å². The van der Waals surface area contributed by atoms with E-state index in [9.17, 15) is 4.79 Å². The Hall–Kier alpha value is -4.16. The van der Waals surface area contributed by atoms with Gasteiger partial charge in [-0.3, -0.25) is 4.79 Å². The van der Waals surface area contributed by atoms with Crippen molar-refractivity contribution in [1.82, 2.24) is 10.3 Å². The van der Waals surface area contributed by atoms with E-state index < -0.39 is 5.91 Å². The number of ether oxygens (including phenoxy) is 2. The quantitative estimate of drug-likeness (QED) is 0.336. The topological polar surface area (TPSA) is 86.5 Å². The molecule has 0 aliphatic heterocycles. The second-order valence-corrected chi connectivity index (χ2v) is 7.44. The molecule has 0 atom stereocenters. The van der Waals surface area contributed by atoms with Crippen LogP contribution in [0.25, 0.3) is 0 Å². The van der Waals surface area contributed by atoms with E-state index in [1.54, 1.807) is 12.1 Å². The number of nitrogens with one attached hydrogen (secondary N) is 1. The standard InChI is InChI=1S/C27H25N3O3/c28-27(31)22-12-15-26(30-19-22)33-24-13-10-20(11-14-24)16-17-29-18-21-6-4-5-9-25(21)32-23-7-2-1-3-8-23/h1-15,19,29H,16-18H2,(H2,28,31). The fourth-order valence-corrected chi connectivity index (χ4v) is 3.25. The van der Waals surface area contributed by atoms with Crippen molar-refractivity contribution in [2.24, 2.45) is 5.73 Å². The lowest BCUT2D eigenvalue weighted by molar-refractivity contribution is 0.1000. The van der Waals surface area contributed by atoms with Crippen LogP contribution in [-0.2, 0) is 13.0 Å². The Bertz CT molecular complexity index is 1180. The van der Waals surface area contributed by atoms with Crippen LogP contribution in [0.15, 0.2) is 97.2 Å². The number of amides is 1. The summed E-state index contributed by atoms with van der Waals surface area (Å²) in [4.78, 5) is 15.2. The van der Waals surface area contributed by atoms with Crippen molar-refractivity contribution in [2.45, 2.75) is 13.0 Å². The number of carbonyl (C=O) groups excluding carboxylic acids is 1. The molecule has 1 heterocycles. The van der Waals surface area contributed by atoms with Crippen molar-refractivity contribution in [2.75, 3.05) is 6.54 Å². The van der Waals surface area contributed by atoms with Crippen molar-refractivity contribution in [3.05, 3.63) is 114 Å². The van der Waals surface area contributed by atoms with E-state index in [1.165, 1.54) is 11.8 Å². The maximum absolute atomic E-state index is 11.1. The fourth-order valence-electron chi connectivity index (χ4n) is 3.25. The SMILES string of the molecule is NC(=O)c1ccc(Oc2ccc(CCNCc3ccccc3Oc3ccccc3)cc2)nc1. The van der Waals surface area contributed by atoms with Gasteiger partial charge in [-0.1, -0.05) is 48.5 Å². The van der Waals surface area contributed by atoms with E-state index in [-0.39, 0.29) is 0 Å². The molecule has 6 nitrogen and oxygen atoms in total. The summed E-state index contributed by atoms with van der Waals surface area (Å²) in [6.07, 6.45) is 2.29. The summed E-state index contributed by atoms with van der Waals surface area (Å²) in [6.45, 7) is 1.55. The summed E-state index contributed by atoms with van der Waals surface area (Å²) in [5.74, 6) is 2.25. The summed E-state index contributed by atoms with van der Waals surface area (Å²) < 4.78 is 11.7. The number of hydrogen-bond donors (Lipinski definition) is 2. The first kappa shape index (κ1) is 22.0. The highest BCUT2D eigenvalue weighted by Crippen LogP contribution is 2.25. The molecule has 3 N–H and O–H groups in total. The number of para-hydroxylation sites is 2. The zero-order valence-corrected chi connectivity index (χ0v) is 18.1. The van der Waals surface area contributed by atoms with Gasteiger partial charge in [0, 0.05) is 24.4 Å². The van der Waals surface area contributed by atoms with Crippen LogP contribution in [0.3, 0.4) is 0 Å². The average molecular weight is 440 g/mol. The highest BCUT2D eigenvalue weighted by molar-refractivity contribution is 5.92. The van der Waals surface area contributed by atoms with E-state index in [0.717, 1.165) is 36.6 Å². The highest BCUT2D eigenvalue weighted by atomic mass is 16.5. The molecule has 166 valence electrons. The van der Waals surface area contributed by atoms with Gasteiger partial charge in [-0.2, -0.15) is 0 Å². The Kier molecular flexibility index (Phi) is 7.30. The third-order valence-corrected chi connectivity index (χ3v) is 5.02. The van der Waals surface area contributed by atoms with Crippen LogP contribution in [0.1, 0.15) is 21.5 Å². The molecular formula is C27H25N3O3. The van der Waals surface area contributed by atoms with Crippen molar-refractivity contribution >= 4 is 5.91 Å². The number of aromatic nitrogens is 1. The largest absolute Gasteiger partial charge is 0.457 e. The molecule has 0 aliphatic rings. The third kappa shape index (κ3) is 6.41. The monoisotopic (exact) mass is 439 g/mol. The Labute approximate surface area is 193 Å². The summed E-state index contributed by atoms with van der Waals surface area (Å²) in [7, 11) is 0. The van der Waals surface area contributed by atoms with Gasteiger partial charge in [-0.25, -0.2) is 4.98 Å². The molecule has 0 unspecified atom stereocenters. The Morgan fingerprint density at radius 2 is 1.55 bits per heavy atom. The van der Waals surface area contributed by atoms with E-state index in [2.05, 4.69) is 16.4 Å². The number of nitrogens with zero attached hydrogens (tertiary/aromatic N) is 1. The van der Waals surface area contributed by atoms with Crippen LogP contribution in [0.4, 0.5) is 0 Å². The minimum absolute atomic E-state index is 0.347. The molecule has 0 saturated carbocycles. The molecule has 6 heteroatoms. The van der Waals surface area contributed by atoms with Crippen LogP contribution in [0, 0.1) is 0 Å². The number of carbonyl (C=O) groups is 1. The van der Waals surface area contributed by atoms with E-state index in [0.29, 0.717) is 17.2 Å². The van der Waals surface area contributed by atoms with Crippen LogP contribution in [-0.4, -0.2) is 17.4 Å². The molecule has 0 radical (unpaired) electrons. The van der Waals surface area contributed by atoms with Crippen molar-refractivity contribution in [1.29, 1.82) is 0 Å². The fraction of sp³-hybridized carbons (Fsp3) is 0.111. The Morgan fingerprint density at radius 1 is 0.818 bits per heavy atom. The number of nitrogens with two attached hydrogens (primary N) is 1. The lowest BCUT2D eigenvalue weighted by Gasteiger charge is -2.12. The molecule has 0 aliphatic carbocycles. The first-order valence-corrected chi connectivity index (χ1v) is 10.7. The Balaban J connectivity index is 1.25. The molecule has 0 fully saturated rings. The normalized spacial score (nSPS) is 10.5. The number of pyridine rings is 1. The summed E-state index contributed by atoms with van der Waals surface area (Å²) in [6, 6.07) is 28.9. The van der Waals surface area contributed by atoms with Gasteiger partial charge in [0.1, 0.15) is 17.2 Å². The van der Waals surface area contributed by atoms with Gasteiger partial charge < -0.3 is 20.5 Å². The zero-order chi connectivity index (χ0) is 22.9. The lowest BCUT2D eigenvalue weighted by Crippen LogP contribution is -2.17. The van der Waals surface area contributed by atoms with Crippen LogP contribution in [0.5, 0.6) is 23.1 Å². The first-order chi connectivity index (χ1) is 16.2. The maximum Gasteiger partial charge on any atom is 0.250 e. The van der Waals surface area contributed by atoms with Crippen LogP contribution in [0.2, 0.25) is 0 Å². The van der Waals surface area contributed by atoms with E-state index in [1.807, 2.05) is 72.8 Å². The molecule has 0 spiro atoms. The van der Waals surface area contributed by atoms with Crippen molar-refractivity contribution in [3.63, 3.8) is 0 Å². The van der Waals surface area contributed by atoms with E-state index in [4.69, 9.17) is 15.2 Å². The molecule has 1 amide bonds. The molecule has 1 aromatic heterocycles. The zero-order valence-electron chi connectivity index (χ0n) is 18.1. The minimum atomic E-state index is -0.515. The van der Waals surface area contributed by atoms with Crippen molar-refractivity contribution < 1.29 is 14.3 Å². The van der Waals surface area contributed by atoms with Crippen molar-refractivity contribution in [3.8, 4) is 23.1 Å². The Morgan fingerprint density at radius 3 is 2.27 bits per heavy atom. The lowest BCUT2D eigenvalue weighted by atomic mass is 10.1. The first-order valence-electron chi connectivity index (χ1n) is 10.7. The molecule has 33 heavy (non-hydrogen) atoms. The van der Waals surface area contributed by atoms with Gasteiger partial charge >= 0.3 is 0 Å². The predicted octanol–water partition coefficient (Wildman–Crippen LogP) is 5.10. The summed E-state index contributed by atoms with van der Waals surface area (Å²) in [5, 5.41) is 3.49.